The zero-order valence-corrected chi connectivity index (χ0v) is 8.47. The summed E-state index contributed by atoms with van der Waals surface area (Å²) in [7, 11) is 0. The van der Waals surface area contributed by atoms with E-state index in [0.29, 0.717) is 12.2 Å². The number of hydrogen-bond acceptors (Lipinski definition) is 2. The standard InChI is InChI=1S/C11H18O2/c1-3-11-5-4-8(9(12)6-11)10(2,13)7-11/h8,13H,3-7H2,1-2H3/t8-,10+,11+/m0/s1. The Morgan fingerprint density at radius 3 is 2.77 bits per heavy atom. The maximum absolute atomic E-state index is 11.7. The number of carbonyl (C=O) groups is 1. The number of Topliss-reactive ketones (excluding diaryl/α,β-unsaturated/α-hetero) is 1. The van der Waals surface area contributed by atoms with E-state index < -0.39 is 5.60 Å². The van der Waals surface area contributed by atoms with Crippen molar-refractivity contribution < 1.29 is 9.90 Å². The largest absolute Gasteiger partial charge is 0.389 e. The van der Waals surface area contributed by atoms with E-state index >= 15 is 0 Å². The number of rotatable bonds is 1. The molecule has 2 nitrogen and oxygen atoms in total. The molecule has 3 aliphatic rings. The summed E-state index contributed by atoms with van der Waals surface area (Å²) in [6.07, 6.45) is 4.61. The molecule has 3 aliphatic carbocycles. The monoisotopic (exact) mass is 182 g/mol. The van der Waals surface area contributed by atoms with Gasteiger partial charge in [-0.25, -0.2) is 0 Å². The van der Waals surface area contributed by atoms with Gasteiger partial charge in [-0.15, -0.1) is 0 Å². The molecule has 2 bridgehead atoms. The molecule has 3 rings (SSSR count). The quantitative estimate of drug-likeness (QED) is 0.672. The average Bonchev–Trinajstić information content (AvgIpc) is 2.02. The van der Waals surface area contributed by atoms with Crippen molar-refractivity contribution in [2.75, 3.05) is 0 Å². The number of carbonyl (C=O) groups excluding carboxylic acids is 1. The van der Waals surface area contributed by atoms with Gasteiger partial charge in [-0.2, -0.15) is 0 Å². The van der Waals surface area contributed by atoms with E-state index in [2.05, 4.69) is 6.92 Å². The van der Waals surface area contributed by atoms with Crippen molar-refractivity contribution in [3.8, 4) is 0 Å². The van der Waals surface area contributed by atoms with Crippen LogP contribution in [-0.2, 0) is 4.79 Å². The van der Waals surface area contributed by atoms with E-state index in [-0.39, 0.29) is 11.3 Å². The second-order valence-corrected chi connectivity index (χ2v) is 5.12. The third kappa shape index (κ3) is 1.23. The maximum Gasteiger partial charge on any atom is 0.139 e. The van der Waals surface area contributed by atoms with Crippen molar-refractivity contribution in [2.24, 2.45) is 11.3 Å². The summed E-state index contributed by atoms with van der Waals surface area (Å²) in [5.41, 5.74) is -0.584. The highest BCUT2D eigenvalue weighted by Gasteiger charge is 2.54. The molecular weight excluding hydrogens is 164 g/mol. The zero-order valence-electron chi connectivity index (χ0n) is 8.47. The molecule has 13 heavy (non-hydrogen) atoms. The Bertz CT molecular complexity index is 244. The van der Waals surface area contributed by atoms with Gasteiger partial charge in [-0.05, 0) is 38.0 Å². The molecular formula is C11H18O2. The second kappa shape index (κ2) is 2.57. The molecule has 0 aromatic rings. The number of hydrogen-bond donors (Lipinski definition) is 1. The average molecular weight is 182 g/mol. The van der Waals surface area contributed by atoms with Gasteiger partial charge in [0.15, 0.2) is 0 Å². The summed E-state index contributed by atoms with van der Waals surface area (Å²) in [4.78, 5) is 11.7. The molecule has 0 aromatic heterocycles. The first-order chi connectivity index (χ1) is 5.99. The summed E-state index contributed by atoms with van der Waals surface area (Å²) in [5, 5.41) is 10.1. The maximum atomic E-state index is 11.7. The first-order valence-corrected chi connectivity index (χ1v) is 5.24. The molecule has 0 aromatic carbocycles. The van der Waals surface area contributed by atoms with Crippen LogP contribution >= 0.6 is 0 Å². The fraction of sp³-hybridized carbons (Fsp3) is 0.909. The van der Waals surface area contributed by atoms with Gasteiger partial charge in [0.25, 0.3) is 0 Å². The Hall–Kier alpha value is -0.370. The number of aliphatic hydroxyl groups is 1. The van der Waals surface area contributed by atoms with Crippen molar-refractivity contribution in [2.45, 2.75) is 51.6 Å². The lowest BCUT2D eigenvalue weighted by Crippen LogP contribution is -2.55. The Labute approximate surface area is 79.3 Å². The van der Waals surface area contributed by atoms with Crippen LogP contribution in [0.15, 0.2) is 0 Å². The van der Waals surface area contributed by atoms with Crippen molar-refractivity contribution in [1.82, 2.24) is 0 Å². The van der Waals surface area contributed by atoms with Crippen LogP contribution in [-0.4, -0.2) is 16.5 Å². The van der Waals surface area contributed by atoms with E-state index in [1.807, 2.05) is 6.92 Å². The minimum absolute atomic E-state index is 0.0686. The summed E-state index contributed by atoms with van der Waals surface area (Å²) in [6, 6.07) is 0. The van der Waals surface area contributed by atoms with Gasteiger partial charge in [-0.3, -0.25) is 4.79 Å². The van der Waals surface area contributed by atoms with Crippen LogP contribution in [0.3, 0.4) is 0 Å². The molecule has 0 radical (unpaired) electrons. The van der Waals surface area contributed by atoms with Crippen molar-refractivity contribution >= 4 is 5.78 Å². The molecule has 0 saturated heterocycles. The van der Waals surface area contributed by atoms with E-state index in [0.717, 1.165) is 25.7 Å². The Morgan fingerprint density at radius 1 is 1.62 bits per heavy atom. The second-order valence-electron chi connectivity index (χ2n) is 5.12. The summed E-state index contributed by atoms with van der Waals surface area (Å²) in [5.74, 6) is 0.227. The van der Waals surface area contributed by atoms with Crippen LogP contribution in [0, 0.1) is 11.3 Å². The van der Waals surface area contributed by atoms with Crippen molar-refractivity contribution in [1.29, 1.82) is 0 Å². The first-order valence-electron chi connectivity index (χ1n) is 5.24. The van der Waals surface area contributed by atoms with Gasteiger partial charge < -0.3 is 5.11 Å². The van der Waals surface area contributed by atoms with E-state index in [1.54, 1.807) is 0 Å². The molecule has 3 saturated carbocycles. The Balaban J connectivity index is 2.32. The predicted octanol–water partition coefficient (Wildman–Crippen LogP) is 1.91. The van der Waals surface area contributed by atoms with Gasteiger partial charge in [0.1, 0.15) is 5.78 Å². The smallest absolute Gasteiger partial charge is 0.139 e. The van der Waals surface area contributed by atoms with Gasteiger partial charge in [0.05, 0.1) is 5.60 Å². The van der Waals surface area contributed by atoms with E-state index in [4.69, 9.17) is 0 Å². The molecule has 0 heterocycles. The van der Waals surface area contributed by atoms with Crippen LogP contribution in [0.4, 0.5) is 0 Å². The van der Waals surface area contributed by atoms with Crippen LogP contribution < -0.4 is 0 Å². The third-order valence-corrected chi connectivity index (χ3v) is 4.13. The minimum atomic E-state index is -0.719. The molecule has 0 spiro atoms. The van der Waals surface area contributed by atoms with Crippen LogP contribution in [0.5, 0.6) is 0 Å². The minimum Gasteiger partial charge on any atom is -0.389 e. The molecule has 3 fully saturated rings. The highest BCUT2D eigenvalue weighted by Crippen LogP contribution is 2.54. The van der Waals surface area contributed by atoms with Gasteiger partial charge in [0, 0.05) is 12.3 Å². The lowest BCUT2D eigenvalue weighted by molar-refractivity contribution is -0.160. The normalized spacial score (nSPS) is 49.8. The first kappa shape index (κ1) is 9.20. The highest BCUT2D eigenvalue weighted by atomic mass is 16.3. The van der Waals surface area contributed by atoms with Gasteiger partial charge >= 0.3 is 0 Å². The topological polar surface area (TPSA) is 37.3 Å². The van der Waals surface area contributed by atoms with Gasteiger partial charge in [-0.1, -0.05) is 6.92 Å². The van der Waals surface area contributed by atoms with Crippen LogP contribution in [0.2, 0.25) is 0 Å². The molecule has 1 N–H and O–H groups in total. The highest BCUT2D eigenvalue weighted by molar-refractivity contribution is 5.84. The lowest BCUT2D eigenvalue weighted by atomic mass is 9.53. The number of ketones is 1. The van der Waals surface area contributed by atoms with E-state index in [9.17, 15) is 9.90 Å². The summed E-state index contributed by atoms with van der Waals surface area (Å²) in [6.45, 7) is 3.97. The van der Waals surface area contributed by atoms with Gasteiger partial charge in [0.2, 0.25) is 0 Å². The molecule has 0 aliphatic heterocycles. The SMILES string of the molecule is CC[C@@]12CC[C@@H](C(=O)C1)[C@](C)(O)C2. The number of fused-ring (bicyclic) bond motifs is 3. The summed E-state index contributed by atoms with van der Waals surface area (Å²) < 4.78 is 0. The molecule has 74 valence electrons. The Kier molecular flexibility index (Phi) is 1.82. The lowest BCUT2D eigenvalue weighted by Gasteiger charge is -2.52. The van der Waals surface area contributed by atoms with Crippen molar-refractivity contribution in [3.05, 3.63) is 0 Å². The van der Waals surface area contributed by atoms with Crippen LogP contribution in [0.1, 0.15) is 46.0 Å². The molecule has 2 heteroatoms. The van der Waals surface area contributed by atoms with Crippen molar-refractivity contribution in [3.63, 3.8) is 0 Å². The predicted molar refractivity (Wildman–Crippen MR) is 50.3 cm³/mol. The molecule has 0 amide bonds. The van der Waals surface area contributed by atoms with E-state index in [1.165, 1.54) is 0 Å². The fourth-order valence-corrected chi connectivity index (χ4v) is 3.31. The molecule has 0 unspecified atom stereocenters. The van der Waals surface area contributed by atoms with Crippen LogP contribution in [0.25, 0.3) is 0 Å². The molecule has 3 atom stereocenters. The fourth-order valence-electron chi connectivity index (χ4n) is 3.31. The zero-order chi connectivity index (χ0) is 9.69. The third-order valence-electron chi connectivity index (χ3n) is 4.13. The Morgan fingerprint density at radius 2 is 2.31 bits per heavy atom. The summed E-state index contributed by atoms with van der Waals surface area (Å²) >= 11 is 0.